The van der Waals surface area contributed by atoms with E-state index in [0.717, 1.165) is 41.2 Å². The number of nitrogens with zero attached hydrogens (tertiary/aromatic N) is 4. The van der Waals surface area contributed by atoms with E-state index < -0.39 is 0 Å². The maximum Gasteiger partial charge on any atom is 0.220 e. The third kappa shape index (κ3) is 4.61. The fourth-order valence-corrected chi connectivity index (χ4v) is 4.24. The van der Waals surface area contributed by atoms with Gasteiger partial charge in [0.15, 0.2) is 5.82 Å². The van der Waals surface area contributed by atoms with Crippen molar-refractivity contribution in [2.75, 3.05) is 24.7 Å². The minimum Gasteiger partial charge on any atom is -0.377 e. The van der Waals surface area contributed by atoms with Crippen LogP contribution in [-0.2, 0) is 33.8 Å². The fraction of sp³-hybridized carbons (Fsp3) is 0.500. The lowest BCUT2D eigenvalue weighted by molar-refractivity contribution is -0.129. The second-order valence-electron chi connectivity index (χ2n) is 8.45. The highest BCUT2D eigenvalue weighted by molar-refractivity contribution is 5.81. The smallest absolute Gasteiger partial charge is 0.220 e. The molecular weight excluding hydrogens is 392 g/mol. The van der Waals surface area contributed by atoms with Gasteiger partial charge in [0.2, 0.25) is 5.91 Å². The highest BCUT2D eigenvalue weighted by Crippen LogP contribution is 2.33. The van der Waals surface area contributed by atoms with Gasteiger partial charge in [0, 0.05) is 37.4 Å². The third-order valence-corrected chi connectivity index (χ3v) is 5.99. The molecule has 1 aromatic heterocycles. The monoisotopic (exact) mass is 422 g/mol. The van der Waals surface area contributed by atoms with Crippen molar-refractivity contribution in [2.45, 2.75) is 59.2 Å². The third-order valence-electron chi connectivity index (χ3n) is 5.99. The number of benzene rings is 1. The summed E-state index contributed by atoms with van der Waals surface area (Å²) < 4.78 is 5.61. The number of hydrogen-bond donors (Lipinski definition) is 0. The number of morpholine rings is 1. The Hall–Kier alpha value is -2.80. The van der Waals surface area contributed by atoms with Crippen LogP contribution in [0, 0.1) is 0 Å². The van der Waals surface area contributed by atoms with E-state index in [4.69, 9.17) is 14.7 Å². The quantitative estimate of drug-likeness (QED) is 0.712. The number of aromatic nitrogens is 2. The Morgan fingerprint density at radius 1 is 1.16 bits per heavy atom. The summed E-state index contributed by atoms with van der Waals surface area (Å²) in [6.45, 7) is 8.89. The van der Waals surface area contributed by atoms with Crippen molar-refractivity contribution < 1.29 is 14.3 Å². The molecule has 0 spiro atoms. The van der Waals surface area contributed by atoms with Crippen molar-refractivity contribution in [1.82, 2.24) is 14.9 Å². The van der Waals surface area contributed by atoms with Crippen LogP contribution < -0.4 is 4.90 Å². The molecule has 4 rings (SSSR count). The van der Waals surface area contributed by atoms with E-state index in [2.05, 4.69) is 11.8 Å². The number of carbonyl (C=O) groups is 2. The van der Waals surface area contributed by atoms with E-state index in [-0.39, 0.29) is 17.7 Å². The molecule has 2 aromatic rings. The first-order valence-corrected chi connectivity index (χ1v) is 11.1. The first-order valence-electron chi connectivity index (χ1n) is 11.1. The molecule has 0 unspecified atom stereocenters. The van der Waals surface area contributed by atoms with Gasteiger partial charge in [0.05, 0.1) is 38.0 Å². The summed E-state index contributed by atoms with van der Waals surface area (Å²) in [7, 11) is 0. The summed E-state index contributed by atoms with van der Waals surface area (Å²) >= 11 is 0. The molecule has 0 N–H and O–H groups in total. The second kappa shape index (κ2) is 9.14. The average molecular weight is 423 g/mol. The molecule has 2 aliphatic rings. The normalized spacial score (nSPS) is 18.2. The summed E-state index contributed by atoms with van der Waals surface area (Å²) in [5, 5.41) is 0. The number of ketones is 1. The standard InChI is InChI=1S/C24H30N4O3/c1-4-5-20(30)12-18-6-8-19(9-7-18)23-25-22-14-27(17(3)29)13-21(22)24(26-23)28-10-11-31-15-16(28)2/h6-9,16H,4-5,10-15H2,1-3H3/t16-/m0/s1. The molecule has 7 heteroatoms. The van der Waals surface area contributed by atoms with E-state index in [1.165, 1.54) is 0 Å². The van der Waals surface area contributed by atoms with Crippen LogP contribution in [0.15, 0.2) is 24.3 Å². The zero-order valence-corrected chi connectivity index (χ0v) is 18.6. The Morgan fingerprint density at radius 3 is 2.61 bits per heavy atom. The van der Waals surface area contributed by atoms with Crippen LogP contribution in [0.3, 0.4) is 0 Å². The molecule has 0 aliphatic carbocycles. The first kappa shape index (κ1) is 21.4. The van der Waals surface area contributed by atoms with Gasteiger partial charge in [0.25, 0.3) is 0 Å². The highest BCUT2D eigenvalue weighted by Gasteiger charge is 2.31. The van der Waals surface area contributed by atoms with Crippen LogP contribution >= 0.6 is 0 Å². The van der Waals surface area contributed by atoms with Crippen LogP contribution in [0.25, 0.3) is 11.4 Å². The lowest BCUT2D eigenvalue weighted by Gasteiger charge is -2.35. The van der Waals surface area contributed by atoms with Gasteiger partial charge in [-0.2, -0.15) is 0 Å². The van der Waals surface area contributed by atoms with Crippen LogP contribution in [0.4, 0.5) is 5.82 Å². The molecule has 1 amide bonds. The Balaban J connectivity index is 1.67. The van der Waals surface area contributed by atoms with Crippen molar-refractivity contribution in [1.29, 1.82) is 0 Å². The molecule has 164 valence electrons. The predicted molar refractivity (Wildman–Crippen MR) is 119 cm³/mol. The van der Waals surface area contributed by atoms with Gasteiger partial charge in [-0.1, -0.05) is 31.2 Å². The van der Waals surface area contributed by atoms with E-state index in [9.17, 15) is 9.59 Å². The van der Waals surface area contributed by atoms with Gasteiger partial charge < -0.3 is 14.5 Å². The fourth-order valence-electron chi connectivity index (χ4n) is 4.24. The van der Waals surface area contributed by atoms with E-state index in [0.29, 0.717) is 45.0 Å². The van der Waals surface area contributed by atoms with E-state index in [1.54, 1.807) is 11.8 Å². The Kier molecular flexibility index (Phi) is 6.32. The number of ether oxygens (including phenoxy) is 1. The Labute approximate surface area is 183 Å². The summed E-state index contributed by atoms with van der Waals surface area (Å²) in [5.74, 6) is 1.87. The van der Waals surface area contributed by atoms with Gasteiger partial charge in [-0.3, -0.25) is 9.59 Å². The zero-order chi connectivity index (χ0) is 22.0. The summed E-state index contributed by atoms with van der Waals surface area (Å²) in [6, 6.07) is 8.15. The molecule has 1 saturated heterocycles. The van der Waals surface area contributed by atoms with Gasteiger partial charge in [-0.25, -0.2) is 9.97 Å². The second-order valence-corrected chi connectivity index (χ2v) is 8.45. The van der Waals surface area contributed by atoms with Crippen LogP contribution in [0.1, 0.15) is 50.4 Å². The zero-order valence-electron chi connectivity index (χ0n) is 18.6. The van der Waals surface area contributed by atoms with Crippen molar-refractivity contribution in [3.8, 4) is 11.4 Å². The van der Waals surface area contributed by atoms with Gasteiger partial charge in [0.1, 0.15) is 11.6 Å². The maximum atomic E-state index is 12.0. The van der Waals surface area contributed by atoms with E-state index >= 15 is 0 Å². The number of rotatable bonds is 6. The molecule has 1 aromatic carbocycles. The van der Waals surface area contributed by atoms with Crippen LogP contribution in [0.5, 0.6) is 0 Å². The number of anilines is 1. The molecule has 3 heterocycles. The molecule has 2 aliphatic heterocycles. The Bertz CT molecular complexity index is 974. The summed E-state index contributed by atoms with van der Waals surface area (Å²) in [5.41, 5.74) is 3.87. The van der Waals surface area contributed by atoms with Gasteiger partial charge in [-0.15, -0.1) is 0 Å². The van der Waals surface area contributed by atoms with Crippen LogP contribution in [-0.4, -0.2) is 52.4 Å². The topological polar surface area (TPSA) is 75.6 Å². The molecule has 0 saturated carbocycles. The number of amides is 1. The molecule has 1 fully saturated rings. The van der Waals surface area contributed by atoms with Crippen LogP contribution in [0.2, 0.25) is 0 Å². The minimum atomic E-state index is 0.0432. The van der Waals surface area contributed by atoms with Gasteiger partial charge in [-0.05, 0) is 18.9 Å². The van der Waals surface area contributed by atoms with Crippen molar-refractivity contribution in [3.63, 3.8) is 0 Å². The number of fused-ring (bicyclic) bond motifs is 1. The largest absolute Gasteiger partial charge is 0.377 e. The Morgan fingerprint density at radius 2 is 1.94 bits per heavy atom. The molecule has 1 atom stereocenters. The van der Waals surface area contributed by atoms with Gasteiger partial charge >= 0.3 is 0 Å². The molecule has 7 nitrogen and oxygen atoms in total. The summed E-state index contributed by atoms with van der Waals surface area (Å²) in [4.78, 5) is 37.8. The number of carbonyl (C=O) groups excluding carboxylic acids is 2. The molecule has 31 heavy (non-hydrogen) atoms. The van der Waals surface area contributed by atoms with Crippen molar-refractivity contribution >= 4 is 17.5 Å². The lowest BCUT2D eigenvalue weighted by atomic mass is 10.0. The SMILES string of the molecule is CCCC(=O)Cc1ccc(-c2nc3c(c(N4CCOC[C@@H]4C)n2)CN(C(C)=O)C3)cc1. The first-order chi connectivity index (χ1) is 15.0. The number of Topliss-reactive ketones (excluding diaryl/α,β-unsaturated/α-hetero) is 1. The minimum absolute atomic E-state index is 0.0432. The van der Waals surface area contributed by atoms with E-state index in [1.807, 2.05) is 31.2 Å². The summed E-state index contributed by atoms with van der Waals surface area (Å²) in [6.07, 6.45) is 1.95. The lowest BCUT2D eigenvalue weighted by Crippen LogP contribution is -2.44. The highest BCUT2D eigenvalue weighted by atomic mass is 16.5. The number of hydrogen-bond acceptors (Lipinski definition) is 6. The average Bonchev–Trinajstić information content (AvgIpc) is 3.19. The molecule has 0 radical (unpaired) electrons. The molecular formula is C24H30N4O3. The predicted octanol–water partition coefficient (Wildman–Crippen LogP) is 3.14. The van der Waals surface area contributed by atoms with Crippen molar-refractivity contribution in [3.05, 3.63) is 41.1 Å². The maximum absolute atomic E-state index is 12.0. The molecule has 0 bridgehead atoms. The van der Waals surface area contributed by atoms with Crippen molar-refractivity contribution in [2.24, 2.45) is 0 Å².